The van der Waals surface area contributed by atoms with Crippen molar-refractivity contribution in [3.8, 4) is 11.5 Å². The third kappa shape index (κ3) is 3.98. The summed E-state index contributed by atoms with van der Waals surface area (Å²) in [4.78, 5) is 31.2. The molecule has 1 amide bonds. The molecule has 0 bridgehead atoms. The lowest BCUT2D eigenvalue weighted by atomic mass is 9.95. The third-order valence-electron chi connectivity index (χ3n) is 6.07. The van der Waals surface area contributed by atoms with Crippen LogP contribution in [0.15, 0.2) is 47.3 Å². The minimum Gasteiger partial charge on any atom is -0.454 e. The number of nitrogens with zero attached hydrogens (tertiary/aromatic N) is 2. The summed E-state index contributed by atoms with van der Waals surface area (Å²) in [7, 11) is 0. The van der Waals surface area contributed by atoms with E-state index in [1.54, 1.807) is 16.5 Å². The highest BCUT2D eigenvalue weighted by atomic mass is 16.7. The van der Waals surface area contributed by atoms with Gasteiger partial charge in [-0.05, 0) is 31.2 Å². The van der Waals surface area contributed by atoms with Crippen LogP contribution in [0.1, 0.15) is 24.2 Å². The van der Waals surface area contributed by atoms with E-state index in [4.69, 9.17) is 9.47 Å². The number of hydrogen-bond donors (Lipinski definition) is 2. The first kappa shape index (κ1) is 19.6. The molecular formula is C23H25N4O4+. The van der Waals surface area contributed by atoms with Crippen molar-refractivity contribution < 1.29 is 19.2 Å². The molecule has 1 saturated heterocycles. The highest BCUT2D eigenvalue weighted by Crippen LogP contribution is 2.34. The predicted molar refractivity (Wildman–Crippen MR) is 115 cm³/mol. The normalized spacial score (nSPS) is 20.0. The van der Waals surface area contributed by atoms with Gasteiger partial charge >= 0.3 is 0 Å². The zero-order chi connectivity index (χ0) is 21.4. The Morgan fingerprint density at radius 2 is 1.97 bits per heavy atom. The average Bonchev–Trinajstić information content (AvgIpc) is 3.22. The lowest BCUT2D eigenvalue weighted by molar-refractivity contribution is -0.919. The van der Waals surface area contributed by atoms with E-state index in [1.807, 2.05) is 37.3 Å². The molecule has 0 aliphatic carbocycles. The lowest BCUT2D eigenvalue weighted by Gasteiger charge is -2.28. The van der Waals surface area contributed by atoms with Gasteiger partial charge < -0.3 is 19.7 Å². The van der Waals surface area contributed by atoms with Crippen LogP contribution >= 0.6 is 0 Å². The van der Waals surface area contributed by atoms with Gasteiger partial charge in [0.2, 0.25) is 12.7 Å². The first-order valence-electron chi connectivity index (χ1n) is 10.6. The number of likely N-dealkylation sites (tertiary alicyclic amines) is 1. The monoisotopic (exact) mass is 421 g/mol. The molecule has 0 saturated carbocycles. The zero-order valence-corrected chi connectivity index (χ0v) is 17.4. The van der Waals surface area contributed by atoms with Crippen molar-refractivity contribution in [1.82, 2.24) is 9.38 Å². The van der Waals surface area contributed by atoms with Crippen molar-refractivity contribution in [2.24, 2.45) is 5.92 Å². The lowest BCUT2D eigenvalue weighted by Crippen LogP contribution is -3.11. The fourth-order valence-corrected chi connectivity index (χ4v) is 4.39. The van der Waals surface area contributed by atoms with E-state index in [2.05, 4.69) is 10.3 Å². The highest BCUT2D eigenvalue weighted by Gasteiger charge is 2.28. The summed E-state index contributed by atoms with van der Waals surface area (Å²) in [6.07, 6.45) is 1.61. The number of amides is 1. The molecule has 1 fully saturated rings. The Labute approximate surface area is 179 Å². The van der Waals surface area contributed by atoms with Gasteiger partial charge in [-0.25, -0.2) is 4.98 Å². The Kier molecular flexibility index (Phi) is 5.07. The molecule has 1 aromatic carbocycles. The maximum absolute atomic E-state index is 12.7. The Balaban J connectivity index is 1.19. The molecule has 2 aromatic heterocycles. The number of aryl methyl sites for hydroxylation is 1. The second-order valence-corrected chi connectivity index (χ2v) is 8.20. The Hall–Kier alpha value is -3.39. The van der Waals surface area contributed by atoms with Crippen LogP contribution in [0.2, 0.25) is 0 Å². The zero-order valence-electron chi connectivity index (χ0n) is 17.4. The van der Waals surface area contributed by atoms with Crippen LogP contribution in [0.4, 0.5) is 5.69 Å². The van der Waals surface area contributed by atoms with Crippen molar-refractivity contribution in [3.05, 3.63) is 64.2 Å². The first-order chi connectivity index (χ1) is 15.1. The van der Waals surface area contributed by atoms with Crippen LogP contribution < -0.4 is 25.2 Å². The number of pyridine rings is 1. The van der Waals surface area contributed by atoms with Crippen LogP contribution in [0.3, 0.4) is 0 Å². The molecule has 2 N–H and O–H groups in total. The summed E-state index contributed by atoms with van der Waals surface area (Å²) in [6, 6.07) is 12.7. The molecule has 0 radical (unpaired) electrons. The number of nitrogens with one attached hydrogen (secondary N) is 2. The smallest absolute Gasteiger partial charge is 0.258 e. The summed E-state index contributed by atoms with van der Waals surface area (Å²) in [5.41, 5.74) is 3.03. The summed E-state index contributed by atoms with van der Waals surface area (Å²) < 4.78 is 12.3. The number of quaternary nitrogens is 1. The standard InChI is InChI=1S/C23H24N4O4/c1-15-3-2-4-21-24-18(12-22(28)27(15)21)13-26-9-7-16(8-10-26)23(29)25-17-5-6-19-20(11-17)31-14-30-19/h2-6,11-12,16H,7-10,13-14H2,1H3,(H,25,29)/p+1. The minimum atomic E-state index is -0.0458. The van der Waals surface area contributed by atoms with E-state index >= 15 is 0 Å². The molecule has 2 aliphatic heterocycles. The van der Waals surface area contributed by atoms with Gasteiger partial charge in [0.1, 0.15) is 17.9 Å². The quantitative estimate of drug-likeness (QED) is 0.661. The molecule has 31 heavy (non-hydrogen) atoms. The number of carbonyl (C=O) groups excluding carboxylic acids is 1. The maximum Gasteiger partial charge on any atom is 0.258 e. The topological polar surface area (TPSA) is 86.4 Å². The van der Waals surface area contributed by atoms with E-state index < -0.39 is 0 Å². The van der Waals surface area contributed by atoms with Gasteiger partial charge in [0, 0.05) is 42.3 Å². The average molecular weight is 421 g/mol. The highest BCUT2D eigenvalue weighted by molar-refractivity contribution is 5.92. The molecule has 0 atom stereocenters. The Morgan fingerprint density at radius 1 is 1.16 bits per heavy atom. The number of benzene rings is 1. The van der Waals surface area contributed by atoms with Gasteiger partial charge in [-0.1, -0.05) is 6.07 Å². The maximum atomic E-state index is 12.7. The minimum absolute atomic E-state index is 0.0213. The van der Waals surface area contributed by atoms with Crippen molar-refractivity contribution >= 4 is 17.2 Å². The summed E-state index contributed by atoms with van der Waals surface area (Å²) in [5, 5.41) is 3.00. The predicted octanol–water partition coefficient (Wildman–Crippen LogP) is 1.17. The van der Waals surface area contributed by atoms with Crippen LogP contribution in [0, 0.1) is 12.8 Å². The number of aromatic nitrogens is 2. The Bertz CT molecular complexity index is 1200. The van der Waals surface area contributed by atoms with Crippen LogP contribution in [-0.4, -0.2) is 35.2 Å². The van der Waals surface area contributed by atoms with Gasteiger partial charge in [0.05, 0.1) is 13.1 Å². The molecule has 160 valence electrons. The molecule has 2 aliphatic rings. The van der Waals surface area contributed by atoms with E-state index in [-0.39, 0.29) is 24.2 Å². The summed E-state index contributed by atoms with van der Waals surface area (Å²) >= 11 is 0. The number of hydrogen-bond acceptors (Lipinski definition) is 5. The van der Waals surface area contributed by atoms with Crippen LogP contribution in [0.5, 0.6) is 11.5 Å². The SMILES string of the molecule is Cc1cccc2nc(C[NH+]3CCC(C(=O)Nc4ccc5c(c4)OCO5)CC3)cc(=O)n12. The number of carbonyl (C=O) groups is 1. The van der Waals surface area contributed by atoms with Crippen LogP contribution in [-0.2, 0) is 11.3 Å². The fraction of sp³-hybridized carbons (Fsp3) is 0.348. The number of piperidine rings is 1. The summed E-state index contributed by atoms with van der Waals surface area (Å²) in [6.45, 7) is 4.55. The molecule has 8 heteroatoms. The number of rotatable bonds is 4. The van der Waals surface area contributed by atoms with Gasteiger partial charge in [-0.15, -0.1) is 0 Å². The molecule has 8 nitrogen and oxygen atoms in total. The van der Waals surface area contributed by atoms with Gasteiger partial charge in [0.15, 0.2) is 11.5 Å². The third-order valence-corrected chi connectivity index (χ3v) is 6.07. The van der Waals surface area contributed by atoms with Crippen molar-refractivity contribution in [1.29, 1.82) is 0 Å². The number of ether oxygens (including phenoxy) is 2. The van der Waals surface area contributed by atoms with Crippen molar-refractivity contribution in [2.45, 2.75) is 26.3 Å². The molecule has 4 heterocycles. The summed E-state index contributed by atoms with van der Waals surface area (Å²) in [5.74, 6) is 1.38. The number of fused-ring (bicyclic) bond motifs is 2. The van der Waals surface area contributed by atoms with E-state index in [9.17, 15) is 9.59 Å². The first-order valence-corrected chi connectivity index (χ1v) is 10.6. The van der Waals surface area contributed by atoms with Gasteiger partial charge in [-0.3, -0.25) is 14.0 Å². The second-order valence-electron chi connectivity index (χ2n) is 8.20. The molecular weight excluding hydrogens is 396 g/mol. The van der Waals surface area contributed by atoms with E-state index in [1.165, 1.54) is 4.90 Å². The fourth-order valence-electron chi connectivity index (χ4n) is 4.39. The molecule has 3 aromatic rings. The molecule has 0 spiro atoms. The van der Waals surface area contributed by atoms with Gasteiger partial charge in [0.25, 0.3) is 5.56 Å². The molecule has 5 rings (SSSR count). The molecule has 0 unspecified atom stereocenters. The van der Waals surface area contributed by atoms with Crippen molar-refractivity contribution in [2.75, 3.05) is 25.2 Å². The van der Waals surface area contributed by atoms with Crippen LogP contribution in [0.25, 0.3) is 5.65 Å². The van der Waals surface area contributed by atoms with Crippen molar-refractivity contribution in [3.63, 3.8) is 0 Å². The van der Waals surface area contributed by atoms with Gasteiger partial charge in [-0.2, -0.15) is 0 Å². The second kappa shape index (κ2) is 8.03. The van der Waals surface area contributed by atoms with E-state index in [0.717, 1.165) is 43.0 Å². The Morgan fingerprint density at radius 3 is 2.81 bits per heavy atom. The number of anilines is 1. The largest absolute Gasteiger partial charge is 0.454 e. The van der Waals surface area contributed by atoms with E-state index in [0.29, 0.717) is 23.7 Å².